The number of benzene rings is 1. The van der Waals surface area contributed by atoms with Crippen molar-refractivity contribution in [3.8, 4) is 0 Å². The molecule has 2 rings (SSSR count). The molecule has 0 radical (unpaired) electrons. The van der Waals surface area contributed by atoms with Crippen molar-refractivity contribution >= 4 is 10.8 Å². The Balaban J connectivity index is 2.35. The minimum absolute atomic E-state index is 0.735. The number of hydrogen-bond acceptors (Lipinski definition) is 2. The van der Waals surface area contributed by atoms with Crippen molar-refractivity contribution in [3.05, 3.63) is 54.9 Å². The topological polar surface area (TPSA) is 30.0 Å². The maximum absolute atomic E-state index is 11.9. The van der Waals surface area contributed by atoms with Crippen LogP contribution in [0.3, 0.4) is 0 Å². The van der Waals surface area contributed by atoms with Crippen LogP contribution in [0, 0.1) is 0 Å². The molecule has 0 aliphatic heterocycles. The van der Waals surface area contributed by atoms with E-state index in [4.69, 9.17) is 0 Å². The minimum atomic E-state index is -1.11. The zero-order valence-electron chi connectivity index (χ0n) is 7.46. The number of hydrogen-bond donors (Lipinski definition) is 0. The van der Waals surface area contributed by atoms with Crippen LogP contribution >= 0.6 is 0 Å². The monoisotopic (exact) mass is 203 g/mol. The Morgan fingerprint density at radius 1 is 0.929 bits per heavy atom. The summed E-state index contributed by atoms with van der Waals surface area (Å²) in [5, 5.41) is 0. The highest BCUT2D eigenvalue weighted by molar-refractivity contribution is 7.85. The second-order valence-electron chi connectivity index (χ2n) is 2.77. The van der Waals surface area contributed by atoms with Gasteiger partial charge in [-0.05, 0) is 24.3 Å². The van der Waals surface area contributed by atoms with Gasteiger partial charge in [0.1, 0.15) is 0 Å². The molecule has 0 amide bonds. The van der Waals surface area contributed by atoms with Gasteiger partial charge in [-0.2, -0.15) is 0 Å². The summed E-state index contributed by atoms with van der Waals surface area (Å²) in [6.45, 7) is 0. The predicted octanol–water partition coefficient (Wildman–Crippen LogP) is 2.25. The summed E-state index contributed by atoms with van der Waals surface area (Å²) in [7, 11) is -1.11. The van der Waals surface area contributed by atoms with E-state index < -0.39 is 10.8 Å². The van der Waals surface area contributed by atoms with Gasteiger partial charge in [0.2, 0.25) is 0 Å². The Bertz CT molecular complexity index is 386. The molecule has 0 aliphatic carbocycles. The van der Waals surface area contributed by atoms with Crippen LogP contribution in [0.5, 0.6) is 0 Å². The number of pyridine rings is 1. The van der Waals surface area contributed by atoms with E-state index in [1.165, 1.54) is 0 Å². The summed E-state index contributed by atoms with van der Waals surface area (Å²) >= 11 is 0. The summed E-state index contributed by atoms with van der Waals surface area (Å²) in [4.78, 5) is 5.48. The van der Waals surface area contributed by atoms with E-state index in [1.807, 2.05) is 36.4 Å². The molecule has 0 N–H and O–H groups in total. The molecule has 0 saturated heterocycles. The third kappa shape index (κ3) is 1.88. The van der Waals surface area contributed by atoms with E-state index in [0.717, 1.165) is 9.79 Å². The number of aromatic nitrogens is 1. The summed E-state index contributed by atoms with van der Waals surface area (Å²) in [5.41, 5.74) is 0. The molecule has 2 nitrogen and oxygen atoms in total. The van der Waals surface area contributed by atoms with Gasteiger partial charge in [0.25, 0.3) is 0 Å². The van der Waals surface area contributed by atoms with E-state index >= 15 is 0 Å². The van der Waals surface area contributed by atoms with Gasteiger partial charge in [0, 0.05) is 17.3 Å². The molecule has 3 heteroatoms. The zero-order chi connectivity index (χ0) is 9.80. The Kier molecular flexibility index (Phi) is 2.70. The van der Waals surface area contributed by atoms with E-state index in [1.54, 1.807) is 18.5 Å². The van der Waals surface area contributed by atoms with E-state index in [-0.39, 0.29) is 0 Å². The molecule has 1 atom stereocenters. The predicted molar refractivity (Wildman–Crippen MR) is 55.4 cm³/mol. The molecule has 0 aliphatic rings. The van der Waals surface area contributed by atoms with Crippen molar-refractivity contribution < 1.29 is 4.21 Å². The number of nitrogens with zero attached hydrogens (tertiary/aromatic N) is 1. The van der Waals surface area contributed by atoms with E-state index in [0.29, 0.717) is 0 Å². The molecular formula is C11H9NOS. The number of rotatable bonds is 2. The maximum Gasteiger partial charge on any atom is 0.0865 e. The first-order valence-electron chi connectivity index (χ1n) is 4.25. The third-order valence-corrected chi connectivity index (χ3v) is 3.18. The molecule has 1 aromatic heterocycles. The Hall–Kier alpha value is -1.48. The van der Waals surface area contributed by atoms with Crippen LogP contribution in [-0.2, 0) is 10.8 Å². The quantitative estimate of drug-likeness (QED) is 0.749. The fourth-order valence-corrected chi connectivity index (χ4v) is 2.17. The second kappa shape index (κ2) is 4.15. The Morgan fingerprint density at radius 2 is 1.64 bits per heavy atom. The van der Waals surface area contributed by atoms with Crippen LogP contribution in [0.2, 0.25) is 0 Å². The normalized spacial score (nSPS) is 12.3. The van der Waals surface area contributed by atoms with Gasteiger partial charge < -0.3 is 0 Å². The van der Waals surface area contributed by atoms with Crippen molar-refractivity contribution in [3.63, 3.8) is 0 Å². The molecular weight excluding hydrogens is 194 g/mol. The van der Waals surface area contributed by atoms with Crippen molar-refractivity contribution in [1.82, 2.24) is 4.98 Å². The molecule has 70 valence electrons. The van der Waals surface area contributed by atoms with Crippen LogP contribution in [0.25, 0.3) is 0 Å². The van der Waals surface area contributed by atoms with Gasteiger partial charge in [0.15, 0.2) is 0 Å². The summed E-state index contributed by atoms with van der Waals surface area (Å²) in [5.74, 6) is 0. The lowest BCUT2D eigenvalue weighted by Gasteiger charge is -2.00. The van der Waals surface area contributed by atoms with Gasteiger partial charge in [-0.15, -0.1) is 0 Å². The largest absolute Gasteiger partial charge is 0.263 e. The first-order chi connectivity index (χ1) is 6.88. The van der Waals surface area contributed by atoms with E-state index in [9.17, 15) is 4.21 Å². The molecule has 1 aromatic carbocycles. The fourth-order valence-electron chi connectivity index (χ4n) is 1.14. The van der Waals surface area contributed by atoms with Crippen LogP contribution in [0.4, 0.5) is 0 Å². The van der Waals surface area contributed by atoms with Gasteiger partial charge in [-0.1, -0.05) is 18.2 Å². The molecule has 0 spiro atoms. The van der Waals surface area contributed by atoms with Gasteiger partial charge >= 0.3 is 0 Å². The smallest absolute Gasteiger partial charge is 0.0865 e. The molecule has 2 aromatic rings. The van der Waals surface area contributed by atoms with Crippen molar-refractivity contribution in [1.29, 1.82) is 0 Å². The first-order valence-corrected chi connectivity index (χ1v) is 5.40. The van der Waals surface area contributed by atoms with E-state index in [2.05, 4.69) is 4.98 Å². The summed E-state index contributed by atoms with van der Waals surface area (Å²) < 4.78 is 11.9. The fraction of sp³-hybridized carbons (Fsp3) is 0. The van der Waals surface area contributed by atoms with Crippen molar-refractivity contribution in [2.24, 2.45) is 0 Å². The third-order valence-electron chi connectivity index (χ3n) is 1.81. The van der Waals surface area contributed by atoms with Crippen molar-refractivity contribution in [2.45, 2.75) is 9.79 Å². The Labute approximate surface area is 85.1 Å². The lowest BCUT2D eigenvalue weighted by molar-refractivity contribution is 0.683. The minimum Gasteiger partial charge on any atom is -0.263 e. The average Bonchev–Trinajstić information content (AvgIpc) is 2.30. The summed E-state index contributed by atoms with van der Waals surface area (Å²) in [6, 6.07) is 13.0. The Morgan fingerprint density at radius 3 is 2.29 bits per heavy atom. The van der Waals surface area contributed by atoms with Gasteiger partial charge in [-0.3, -0.25) is 4.98 Å². The standard InChI is InChI=1S/C11H9NOS/c13-14(10-5-2-1-3-6-10)11-7-4-8-12-9-11/h1-9H/t14-/m1/s1. The second-order valence-corrected chi connectivity index (χ2v) is 4.25. The van der Waals surface area contributed by atoms with Crippen LogP contribution in [0.15, 0.2) is 64.6 Å². The summed E-state index contributed by atoms with van der Waals surface area (Å²) in [6.07, 6.45) is 3.30. The van der Waals surface area contributed by atoms with Crippen LogP contribution in [0.1, 0.15) is 0 Å². The molecule has 0 fully saturated rings. The lowest BCUT2D eigenvalue weighted by Crippen LogP contribution is -1.92. The highest BCUT2D eigenvalue weighted by atomic mass is 32.2. The molecule has 14 heavy (non-hydrogen) atoms. The molecule has 1 heterocycles. The lowest BCUT2D eigenvalue weighted by atomic mass is 10.4. The maximum atomic E-state index is 11.9. The highest BCUT2D eigenvalue weighted by Gasteiger charge is 2.04. The van der Waals surface area contributed by atoms with Gasteiger partial charge in [0.05, 0.1) is 15.7 Å². The SMILES string of the molecule is O=[S@](c1ccccc1)c1cccnc1. The zero-order valence-corrected chi connectivity index (χ0v) is 8.28. The average molecular weight is 203 g/mol. The molecule has 0 bridgehead atoms. The van der Waals surface area contributed by atoms with Crippen LogP contribution < -0.4 is 0 Å². The molecule has 0 unspecified atom stereocenters. The van der Waals surface area contributed by atoms with Crippen LogP contribution in [-0.4, -0.2) is 9.19 Å². The first kappa shape index (κ1) is 9.09. The highest BCUT2D eigenvalue weighted by Crippen LogP contribution is 2.13. The molecule has 0 saturated carbocycles. The van der Waals surface area contributed by atoms with Gasteiger partial charge in [-0.25, -0.2) is 4.21 Å². The van der Waals surface area contributed by atoms with Crippen molar-refractivity contribution in [2.75, 3.05) is 0 Å².